The number of rotatable bonds is 2. The lowest BCUT2D eigenvalue weighted by Crippen LogP contribution is -2.58. The molecule has 2 aliphatic rings. The summed E-state index contributed by atoms with van der Waals surface area (Å²) in [7, 11) is 0. The molecule has 0 aromatic heterocycles. The maximum atomic E-state index is 11.7. The van der Waals surface area contributed by atoms with Gasteiger partial charge in [-0.15, -0.1) is 0 Å². The third-order valence-corrected chi connectivity index (χ3v) is 3.68. The summed E-state index contributed by atoms with van der Waals surface area (Å²) >= 11 is 0. The first-order chi connectivity index (χ1) is 7.72. The standard InChI is InChI=1S/C12H20N2O2/c1-2-11-12(16)13-6-7-14(11)9-4-3-5-10(15)8-9/h9,11H,2-8H2,1H3,(H,13,16). The van der Waals surface area contributed by atoms with E-state index in [2.05, 4.69) is 10.2 Å². The molecule has 1 N–H and O–H groups in total. The monoisotopic (exact) mass is 224 g/mol. The van der Waals surface area contributed by atoms with E-state index in [1.165, 1.54) is 0 Å². The van der Waals surface area contributed by atoms with Crippen molar-refractivity contribution in [2.24, 2.45) is 0 Å². The molecule has 1 aliphatic heterocycles. The van der Waals surface area contributed by atoms with Gasteiger partial charge in [-0.1, -0.05) is 6.92 Å². The smallest absolute Gasteiger partial charge is 0.237 e. The molecule has 16 heavy (non-hydrogen) atoms. The van der Waals surface area contributed by atoms with Crippen LogP contribution in [0, 0.1) is 0 Å². The number of nitrogens with zero attached hydrogens (tertiary/aromatic N) is 1. The van der Waals surface area contributed by atoms with Gasteiger partial charge >= 0.3 is 0 Å². The van der Waals surface area contributed by atoms with Gasteiger partial charge in [0.1, 0.15) is 5.78 Å². The van der Waals surface area contributed by atoms with Gasteiger partial charge in [-0.25, -0.2) is 0 Å². The summed E-state index contributed by atoms with van der Waals surface area (Å²) in [6, 6.07) is 0.280. The summed E-state index contributed by atoms with van der Waals surface area (Å²) in [5.74, 6) is 0.490. The van der Waals surface area contributed by atoms with Crippen LogP contribution in [-0.4, -0.2) is 41.8 Å². The molecule has 2 fully saturated rings. The zero-order chi connectivity index (χ0) is 11.5. The quantitative estimate of drug-likeness (QED) is 0.751. The van der Waals surface area contributed by atoms with Crippen molar-refractivity contribution in [3.05, 3.63) is 0 Å². The molecule has 90 valence electrons. The van der Waals surface area contributed by atoms with Crippen LogP contribution < -0.4 is 5.32 Å². The van der Waals surface area contributed by atoms with E-state index in [4.69, 9.17) is 0 Å². The first-order valence-electron chi connectivity index (χ1n) is 6.27. The van der Waals surface area contributed by atoms with Gasteiger partial charge in [0.2, 0.25) is 5.91 Å². The molecule has 0 aromatic rings. The first kappa shape index (κ1) is 11.6. The molecule has 1 saturated carbocycles. The van der Waals surface area contributed by atoms with Crippen LogP contribution in [0.15, 0.2) is 0 Å². The Labute approximate surface area is 96.4 Å². The first-order valence-corrected chi connectivity index (χ1v) is 6.27. The van der Waals surface area contributed by atoms with Crippen LogP contribution in [0.1, 0.15) is 39.0 Å². The Morgan fingerprint density at radius 3 is 2.94 bits per heavy atom. The Balaban J connectivity index is 2.05. The van der Waals surface area contributed by atoms with Crippen LogP contribution in [0.5, 0.6) is 0 Å². The average Bonchev–Trinajstić information content (AvgIpc) is 2.28. The van der Waals surface area contributed by atoms with Crippen molar-refractivity contribution in [2.45, 2.75) is 51.1 Å². The molecule has 0 bridgehead atoms. The highest BCUT2D eigenvalue weighted by Crippen LogP contribution is 2.24. The van der Waals surface area contributed by atoms with E-state index in [9.17, 15) is 9.59 Å². The zero-order valence-corrected chi connectivity index (χ0v) is 9.87. The van der Waals surface area contributed by atoms with Crippen LogP contribution in [0.25, 0.3) is 0 Å². The number of carbonyl (C=O) groups is 2. The minimum absolute atomic E-state index is 0.0235. The zero-order valence-electron chi connectivity index (χ0n) is 9.87. The molecule has 0 aromatic carbocycles. The number of hydrogen-bond donors (Lipinski definition) is 1. The molecule has 4 nitrogen and oxygen atoms in total. The van der Waals surface area contributed by atoms with Crippen LogP contribution in [0.4, 0.5) is 0 Å². The fourth-order valence-corrected chi connectivity index (χ4v) is 2.87. The van der Waals surface area contributed by atoms with E-state index in [0.29, 0.717) is 18.2 Å². The lowest BCUT2D eigenvalue weighted by Gasteiger charge is -2.41. The van der Waals surface area contributed by atoms with Gasteiger partial charge in [0.25, 0.3) is 0 Å². The molecule has 2 rings (SSSR count). The van der Waals surface area contributed by atoms with E-state index in [1.807, 2.05) is 6.92 Å². The minimum Gasteiger partial charge on any atom is -0.353 e. The van der Waals surface area contributed by atoms with Crippen LogP contribution in [0.3, 0.4) is 0 Å². The molecule has 1 aliphatic carbocycles. The molecule has 2 unspecified atom stereocenters. The number of Topliss-reactive ketones (excluding diaryl/α,β-unsaturated/α-hetero) is 1. The number of amides is 1. The number of piperazine rings is 1. The van der Waals surface area contributed by atoms with Crippen molar-refractivity contribution in [1.82, 2.24) is 10.2 Å². The second kappa shape index (κ2) is 4.95. The Hall–Kier alpha value is -0.900. The molecular weight excluding hydrogens is 204 g/mol. The fourth-order valence-electron chi connectivity index (χ4n) is 2.87. The van der Waals surface area contributed by atoms with Gasteiger partial charge in [0, 0.05) is 32.0 Å². The fraction of sp³-hybridized carbons (Fsp3) is 0.833. The lowest BCUT2D eigenvalue weighted by atomic mass is 9.91. The largest absolute Gasteiger partial charge is 0.353 e. The van der Waals surface area contributed by atoms with Gasteiger partial charge in [-0.3, -0.25) is 14.5 Å². The molecule has 1 heterocycles. The molecule has 4 heteroatoms. The Kier molecular flexibility index (Phi) is 3.59. The number of hydrogen-bond acceptors (Lipinski definition) is 3. The normalized spacial score (nSPS) is 32.6. The molecular formula is C12H20N2O2. The molecule has 0 radical (unpaired) electrons. The number of carbonyl (C=O) groups excluding carboxylic acids is 2. The molecule has 1 amide bonds. The van der Waals surface area contributed by atoms with Crippen molar-refractivity contribution < 1.29 is 9.59 Å². The Bertz CT molecular complexity index is 291. The highest BCUT2D eigenvalue weighted by molar-refractivity contribution is 5.83. The van der Waals surface area contributed by atoms with E-state index >= 15 is 0 Å². The average molecular weight is 224 g/mol. The summed E-state index contributed by atoms with van der Waals surface area (Å²) in [4.78, 5) is 25.4. The molecule has 1 saturated heterocycles. The third kappa shape index (κ3) is 2.26. The Morgan fingerprint density at radius 1 is 1.44 bits per heavy atom. The maximum absolute atomic E-state index is 11.7. The molecule has 0 spiro atoms. The molecule has 2 atom stereocenters. The van der Waals surface area contributed by atoms with Crippen LogP contribution >= 0.6 is 0 Å². The summed E-state index contributed by atoms with van der Waals surface area (Å²) in [6.07, 6.45) is 4.25. The minimum atomic E-state index is -0.0235. The highest BCUT2D eigenvalue weighted by Gasteiger charge is 2.34. The number of ketones is 1. The highest BCUT2D eigenvalue weighted by atomic mass is 16.2. The van der Waals surface area contributed by atoms with Crippen molar-refractivity contribution >= 4 is 11.7 Å². The van der Waals surface area contributed by atoms with E-state index in [-0.39, 0.29) is 11.9 Å². The van der Waals surface area contributed by atoms with Crippen LogP contribution in [-0.2, 0) is 9.59 Å². The van der Waals surface area contributed by atoms with Gasteiger partial charge in [-0.2, -0.15) is 0 Å². The lowest BCUT2D eigenvalue weighted by molar-refractivity contribution is -0.133. The summed E-state index contributed by atoms with van der Waals surface area (Å²) in [5.41, 5.74) is 0. The maximum Gasteiger partial charge on any atom is 0.237 e. The predicted molar refractivity (Wildman–Crippen MR) is 61.1 cm³/mol. The SMILES string of the molecule is CCC1C(=O)NCCN1C1CCCC(=O)C1. The summed E-state index contributed by atoms with van der Waals surface area (Å²) < 4.78 is 0. The van der Waals surface area contributed by atoms with Gasteiger partial charge < -0.3 is 5.32 Å². The van der Waals surface area contributed by atoms with Crippen molar-refractivity contribution in [3.8, 4) is 0 Å². The van der Waals surface area contributed by atoms with Crippen LogP contribution in [0.2, 0.25) is 0 Å². The second-order valence-electron chi connectivity index (χ2n) is 4.74. The topological polar surface area (TPSA) is 49.4 Å². The predicted octanol–water partition coefficient (Wildman–Crippen LogP) is 0.708. The summed E-state index contributed by atoms with van der Waals surface area (Å²) in [5, 5.41) is 2.90. The Morgan fingerprint density at radius 2 is 2.25 bits per heavy atom. The third-order valence-electron chi connectivity index (χ3n) is 3.68. The van der Waals surface area contributed by atoms with E-state index < -0.39 is 0 Å². The van der Waals surface area contributed by atoms with E-state index in [0.717, 1.165) is 38.8 Å². The number of nitrogens with one attached hydrogen (secondary N) is 1. The van der Waals surface area contributed by atoms with E-state index in [1.54, 1.807) is 0 Å². The second-order valence-corrected chi connectivity index (χ2v) is 4.74. The van der Waals surface area contributed by atoms with Gasteiger partial charge in [0.05, 0.1) is 6.04 Å². The van der Waals surface area contributed by atoms with Gasteiger partial charge in [-0.05, 0) is 19.3 Å². The summed E-state index contributed by atoms with van der Waals surface area (Å²) in [6.45, 7) is 3.65. The van der Waals surface area contributed by atoms with Crippen molar-refractivity contribution in [3.63, 3.8) is 0 Å². The van der Waals surface area contributed by atoms with Crippen molar-refractivity contribution in [1.29, 1.82) is 0 Å². The van der Waals surface area contributed by atoms with Crippen molar-refractivity contribution in [2.75, 3.05) is 13.1 Å². The van der Waals surface area contributed by atoms with Gasteiger partial charge in [0.15, 0.2) is 0 Å².